The van der Waals surface area contributed by atoms with E-state index in [4.69, 9.17) is 0 Å². The van der Waals surface area contributed by atoms with Crippen LogP contribution in [0.3, 0.4) is 0 Å². The van der Waals surface area contributed by atoms with Gasteiger partial charge in [-0.15, -0.1) is 11.3 Å². The molecule has 4 aromatic rings. The second-order valence-corrected chi connectivity index (χ2v) is 8.55. The van der Waals surface area contributed by atoms with Gasteiger partial charge < -0.3 is 15.5 Å². The molecule has 0 saturated carbocycles. The zero-order valence-electron chi connectivity index (χ0n) is 19.9. The number of aromatic nitrogens is 3. The number of rotatable bonds is 4. The van der Waals surface area contributed by atoms with Crippen LogP contribution in [0.2, 0.25) is 0 Å². The summed E-state index contributed by atoms with van der Waals surface area (Å²) < 4.78 is 3.07. The summed E-state index contributed by atoms with van der Waals surface area (Å²) in [6, 6.07) is 14.9. The number of hydrogen-bond donors (Lipinski definition) is 2. The van der Waals surface area contributed by atoms with Crippen LogP contribution in [0.15, 0.2) is 52.6 Å². The van der Waals surface area contributed by atoms with Crippen LogP contribution in [0.4, 0.5) is 11.4 Å². The van der Waals surface area contributed by atoms with Crippen LogP contribution in [0.25, 0.3) is 16.2 Å². The van der Waals surface area contributed by atoms with E-state index in [1.807, 2.05) is 44.2 Å². The number of nitriles is 1. The van der Waals surface area contributed by atoms with Crippen LogP contribution < -0.4 is 21.2 Å². The molecule has 1 aliphatic heterocycles. The molecule has 9 nitrogen and oxygen atoms in total. The van der Waals surface area contributed by atoms with Crippen LogP contribution in [-0.2, 0) is 7.05 Å². The highest BCUT2D eigenvalue weighted by atomic mass is 32.1. The molecule has 2 aromatic carbocycles. The Morgan fingerprint density at radius 2 is 1.86 bits per heavy atom. The Morgan fingerprint density at radius 1 is 1.14 bits per heavy atom. The second kappa shape index (κ2) is 10.5. The van der Waals surface area contributed by atoms with Crippen molar-refractivity contribution in [2.45, 2.75) is 13.8 Å². The molecule has 0 aliphatic carbocycles. The lowest BCUT2D eigenvalue weighted by Gasteiger charge is -2.31. The fourth-order valence-electron chi connectivity index (χ4n) is 4.02. The summed E-state index contributed by atoms with van der Waals surface area (Å²) in [5.74, 6) is -0.391. The number of nitrogens with one attached hydrogen (secondary N) is 2. The highest BCUT2D eigenvalue weighted by Crippen LogP contribution is 2.28. The van der Waals surface area contributed by atoms with Gasteiger partial charge in [0.15, 0.2) is 5.13 Å². The molecule has 0 bridgehead atoms. The first-order valence-electron chi connectivity index (χ1n) is 11.5. The Bertz CT molecular complexity index is 1450. The third-order valence-electron chi connectivity index (χ3n) is 5.71. The van der Waals surface area contributed by atoms with E-state index in [1.54, 1.807) is 29.1 Å². The number of thiazole rings is 1. The number of amides is 1. The van der Waals surface area contributed by atoms with Gasteiger partial charge in [0.2, 0.25) is 0 Å². The van der Waals surface area contributed by atoms with E-state index < -0.39 is 5.91 Å². The van der Waals surface area contributed by atoms with E-state index >= 15 is 0 Å². The molecule has 0 spiro atoms. The van der Waals surface area contributed by atoms with E-state index in [0.717, 1.165) is 42.9 Å². The topological polar surface area (TPSA) is 108 Å². The molecule has 10 heteroatoms. The molecule has 2 aromatic heterocycles. The zero-order chi connectivity index (χ0) is 24.9. The van der Waals surface area contributed by atoms with Gasteiger partial charge in [-0.1, -0.05) is 26.0 Å². The fraction of sp³-hybridized carbons (Fsp3) is 0.280. The monoisotopic (exact) mass is 489 g/mol. The smallest absolute Gasteiger partial charge is 0.335 e. The number of hydrogen-bond acceptors (Lipinski definition) is 7. The normalized spacial score (nSPS) is 13.1. The van der Waals surface area contributed by atoms with Gasteiger partial charge in [-0.05, 0) is 30.3 Å². The molecular formula is C25H27N7O2S. The maximum atomic E-state index is 13.1. The van der Waals surface area contributed by atoms with Gasteiger partial charge in [0.25, 0.3) is 5.91 Å². The van der Waals surface area contributed by atoms with Gasteiger partial charge in [-0.25, -0.2) is 14.3 Å². The molecule has 0 unspecified atom stereocenters. The average Bonchev–Trinajstić information content (AvgIpc) is 3.49. The van der Waals surface area contributed by atoms with Crippen molar-refractivity contribution in [3.8, 4) is 11.2 Å². The third-order valence-corrected chi connectivity index (χ3v) is 6.54. The number of fused-ring (bicyclic) bond motifs is 1. The van der Waals surface area contributed by atoms with Gasteiger partial charge in [0.1, 0.15) is 5.69 Å². The Labute approximate surface area is 207 Å². The highest BCUT2D eigenvalue weighted by molar-refractivity contribution is 7.12. The molecule has 180 valence electrons. The first kappa shape index (κ1) is 24.2. The van der Waals surface area contributed by atoms with Crippen LogP contribution >= 0.6 is 11.3 Å². The summed E-state index contributed by atoms with van der Waals surface area (Å²) in [5, 5.41) is 17.6. The number of aryl methyl sites for hydroxylation is 1. The fourth-order valence-corrected chi connectivity index (χ4v) is 4.83. The van der Waals surface area contributed by atoms with E-state index in [0.29, 0.717) is 16.4 Å². The molecule has 1 fully saturated rings. The predicted octanol–water partition coefficient (Wildman–Crippen LogP) is 3.35. The van der Waals surface area contributed by atoms with Gasteiger partial charge in [0.05, 0.1) is 34.0 Å². The minimum atomic E-state index is -0.391. The van der Waals surface area contributed by atoms with E-state index in [9.17, 15) is 14.9 Å². The van der Waals surface area contributed by atoms with Gasteiger partial charge in [-0.2, -0.15) is 5.26 Å². The molecule has 0 atom stereocenters. The quantitative estimate of drug-likeness (QED) is 0.455. The first-order valence-corrected chi connectivity index (χ1v) is 12.4. The van der Waals surface area contributed by atoms with Crippen molar-refractivity contribution in [3.05, 3.63) is 69.6 Å². The number of piperazine rings is 1. The van der Waals surface area contributed by atoms with Crippen molar-refractivity contribution >= 4 is 39.7 Å². The van der Waals surface area contributed by atoms with Crippen LogP contribution in [0.5, 0.6) is 0 Å². The maximum Gasteiger partial charge on any atom is 0.335 e. The van der Waals surface area contributed by atoms with Crippen molar-refractivity contribution in [2.75, 3.05) is 36.4 Å². The van der Waals surface area contributed by atoms with Crippen LogP contribution in [-0.4, -0.2) is 46.2 Å². The van der Waals surface area contributed by atoms with E-state index in [2.05, 4.69) is 26.6 Å². The average molecular weight is 490 g/mol. The van der Waals surface area contributed by atoms with Crippen molar-refractivity contribution < 1.29 is 4.79 Å². The summed E-state index contributed by atoms with van der Waals surface area (Å²) >= 11 is 1.23. The van der Waals surface area contributed by atoms with Crippen LogP contribution in [0.1, 0.15) is 29.9 Å². The highest BCUT2D eigenvalue weighted by Gasteiger charge is 2.20. The van der Waals surface area contributed by atoms with Crippen molar-refractivity contribution in [2.24, 2.45) is 7.05 Å². The Hall–Kier alpha value is -3.94. The van der Waals surface area contributed by atoms with Crippen molar-refractivity contribution in [1.29, 1.82) is 5.26 Å². The molecule has 35 heavy (non-hydrogen) atoms. The summed E-state index contributed by atoms with van der Waals surface area (Å²) in [6.07, 6.45) is 0. The summed E-state index contributed by atoms with van der Waals surface area (Å²) in [7, 11) is 1.71. The maximum absolute atomic E-state index is 13.1. The minimum absolute atomic E-state index is 0.212. The summed E-state index contributed by atoms with van der Waals surface area (Å²) in [6.45, 7) is 7.31. The van der Waals surface area contributed by atoms with Gasteiger partial charge in [0, 0.05) is 38.6 Å². The summed E-state index contributed by atoms with van der Waals surface area (Å²) in [5.41, 5.74) is 3.41. The second-order valence-electron chi connectivity index (χ2n) is 7.72. The Kier molecular flexibility index (Phi) is 7.29. The third kappa shape index (κ3) is 4.69. The van der Waals surface area contributed by atoms with Crippen molar-refractivity contribution in [1.82, 2.24) is 19.4 Å². The molecule has 1 amide bonds. The molecule has 2 N–H and O–H groups in total. The molecule has 1 saturated heterocycles. The molecule has 3 heterocycles. The summed E-state index contributed by atoms with van der Waals surface area (Å²) in [4.78, 5) is 32.5. The van der Waals surface area contributed by atoms with E-state index in [-0.39, 0.29) is 11.4 Å². The molecule has 5 rings (SSSR count). The lowest BCUT2D eigenvalue weighted by Crippen LogP contribution is -2.43. The zero-order valence-corrected chi connectivity index (χ0v) is 20.7. The minimum Gasteiger partial charge on any atom is -0.367 e. The first-order chi connectivity index (χ1) is 17.1. The number of nitrogens with zero attached hydrogens (tertiary/aromatic N) is 5. The Morgan fingerprint density at radius 3 is 2.57 bits per heavy atom. The molecular weight excluding hydrogens is 462 g/mol. The lowest BCUT2D eigenvalue weighted by molar-refractivity contribution is 0.102. The predicted molar refractivity (Wildman–Crippen MR) is 140 cm³/mol. The number of imidazole rings is 1. The SMILES string of the molecule is CC.Cn1c(=O)n(-c2nc(C(=O)Nc3cc(C#N)ccc3N3CCNCC3)cs2)c2ccccc21. The number of anilines is 2. The van der Waals surface area contributed by atoms with Gasteiger partial charge >= 0.3 is 5.69 Å². The number of para-hydroxylation sites is 2. The molecule has 1 aliphatic rings. The lowest BCUT2D eigenvalue weighted by atomic mass is 10.1. The number of carbonyl (C=O) groups is 1. The standard InChI is InChI=1S/C23H21N7O2S.C2H6/c1-28-19-4-2-3-5-20(19)30(23(28)32)22-27-17(14-33-22)21(31)26-16-12-15(13-24)6-7-18(16)29-10-8-25-9-11-29;1-2/h2-7,12,14,25H,8-11H2,1H3,(H,26,31);1-2H3. The van der Waals surface area contributed by atoms with Gasteiger partial charge in [-0.3, -0.25) is 9.36 Å². The van der Waals surface area contributed by atoms with E-state index in [1.165, 1.54) is 15.9 Å². The largest absolute Gasteiger partial charge is 0.367 e. The number of carbonyl (C=O) groups excluding carboxylic acids is 1. The van der Waals surface area contributed by atoms with Crippen molar-refractivity contribution in [3.63, 3.8) is 0 Å². The van der Waals surface area contributed by atoms with Crippen LogP contribution in [0, 0.1) is 11.3 Å². The molecule has 0 radical (unpaired) electrons. The Balaban J connectivity index is 0.00000141. The number of benzene rings is 2.